The van der Waals surface area contributed by atoms with Crippen LogP contribution in [0, 0.1) is 0 Å². The van der Waals surface area contributed by atoms with Crippen LogP contribution >= 0.6 is 0 Å². The van der Waals surface area contributed by atoms with Gasteiger partial charge >= 0.3 is 0 Å². The molecule has 228 valence electrons. The van der Waals surface area contributed by atoms with Crippen LogP contribution in [0.2, 0.25) is 0 Å². The molecule has 0 radical (unpaired) electrons. The monoisotopic (exact) mass is 570 g/mol. The standard InChI is InChI=1S/C30H50N8O3/c1-7-33-29-5-3-27(23-35-29)25-37-13-9-31-11-15-38(16-12-32-10-14-37)26-28-4-6-30(36-24-28)34-8-2-18-40-20-22-41-21-19-39-17-1/h3-6,23-24,31-32H,1-2,7-22,25-26H2,(H,33,35)(H,34,36). The van der Waals surface area contributed by atoms with Crippen LogP contribution in [0.15, 0.2) is 36.7 Å². The van der Waals surface area contributed by atoms with Crippen molar-refractivity contribution >= 4 is 11.6 Å². The average molecular weight is 571 g/mol. The van der Waals surface area contributed by atoms with Crippen LogP contribution in [0.25, 0.3) is 0 Å². The van der Waals surface area contributed by atoms with Gasteiger partial charge < -0.3 is 35.5 Å². The molecule has 7 rings (SSSR count). The Balaban J connectivity index is 1.28. The molecule has 0 unspecified atom stereocenters. The van der Waals surface area contributed by atoms with E-state index in [0.29, 0.717) is 39.6 Å². The molecule has 5 aliphatic rings. The van der Waals surface area contributed by atoms with E-state index in [0.717, 1.165) is 103 Å². The topological polar surface area (TPSA) is 108 Å². The van der Waals surface area contributed by atoms with Crippen molar-refractivity contribution in [2.75, 3.05) is 116 Å². The zero-order chi connectivity index (χ0) is 28.2. The van der Waals surface area contributed by atoms with Crippen molar-refractivity contribution in [2.45, 2.75) is 25.9 Å². The van der Waals surface area contributed by atoms with Crippen molar-refractivity contribution < 1.29 is 14.2 Å². The summed E-state index contributed by atoms with van der Waals surface area (Å²) < 4.78 is 17.0. The van der Waals surface area contributed by atoms with Crippen LogP contribution in [-0.4, -0.2) is 125 Å². The van der Waals surface area contributed by atoms with Gasteiger partial charge in [-0.25, -0.2) is 9.97 Å². The molecular weight excluding hydrogens is 520 g/mol. The summed E-state index contributed by atoms with van der Waals surface area (Å²) in [6, 6.07) is 8.52. The van der Waals surface area contributed by atoms with Gasteiger partial charge in [-0.3, -0.25) is 9.80 Å². The molecule has 0 aliphatic carbocycles. The van der Waals surface area contributed by atoms with E-state index in [1.807, 2.05) is 12.4 Å². The number of aromatic nitrogens is 2. The fraction of sp³-hybridized carbons (Fsp3) is 0.667. The molecule has 7 heterocycles. The van der Waals surface area contributed by atoms with E-state index in [-0.39, 0.29) is 0 Å². The smallest absolute Gasteiger partial charge is 0.125 e. The van der Waals surface area contributed by atoms with Gasteiger partial charge in [0.15, 0.2) is 0 Å². The van der Waals surface area contributed by atoms with E-state index in [9.17, 15) is 0 Å². The Morgan fingerprint density at radius 1 is 0.512 bits per heavy atom. The van der Waals surface area contributed by atoms with Gasteiger partial charge in [-0.05, 0) is 36.1 Å². The van der Waals surface area contributed by atoms with Gasteiger partial charge in [-0.15, -0.1) is 0 Å². The number of fused-ring (bicyclic) bond motifs is 6. The molecular formula is C30H50N8O3. The quantitative estimate of drug-likeness (QED) is 0.371. The van der Waals surface area contributed by atoms with Crippen LogP contribution in [-0.2, 0) is 27.3 Å². The van der Waals surface area contributed by atoms with Gasteiger partial charge in [0.05, 0.1) is 26.4 Å². The number of hydrogen-bond acceptors (Lipinski definition) is 11. The van der Waals surface area contributed by atoms with Crippen molar-refractivity contribution in [3.05, 3.63) is 47.8 Å². The Morgan fingerprint density at radius 3 is 1.32 bits per heavy atom. The predicted molar refractivity (Wildman–Crippen MR) is 163 cm³/mol. The molecule has 0 aromatic carbocycles. The fourth-order valence-corrected chi connectivity index (χ4v) is 4.82. The molecule has 0 spiro atoms. The summed E-state index contributed by atoms with van der Waals surface area (Å²) in [4.78, 5) is 14.3. The second-order valence-corrected chi connectivity index (χ2v) is 10.6. The Kier molecular flexibility index (Phi) is 15.2. The van der Waals surface area contributed by atoms with Crippen LogP contribution in [0.5, 0.6) is 0 Å². The van der Waals surface area contributed by atoms with Gasteiger partial charge in [0, 0.05) is 104 Å². The number of pyridine rings is 2. The van der Waals surface area contributed by atoms with Crippen molar-refractivity contribution in [2.24, 2.45) is 0 Å². The summed E-state index contributed by atoms with van der Waals surface area (Å²) in [5.41, 5.74) is 2.48. The van der Waals surface area contributed by atoms with Gasteiger partial charge in [-0.1, -0.05) is 12.1 Å². The Morgan fingerprint density at radius 2 is 0.927 bits per heavy atom. The minimum absolute atomic E-state index is 0.587. The van der Waals surface area contributed by atoms with Crippen LogP contribution < -0.4 is 21.3 Å². The molecule has 0 amide bonds. The highest BCUT2D eigenvalue weighted by Crippen LogP contribution is 2.10. The van der Waals surface area contributed by atoms with Gasteiger partial charge in [0.1, 0.15) is 11.6 Å². The predicted octanol–water partition coefficient (Wildman–Crippen LogP) is 1.64. The lowest BCUT2D eigenvalue weighted by Gasteiger charge is -2.27. The van der Waals surface area contributed by atoms with E-state index in [4.69, 9.17) is 14.2 Å². The van der Waals surface area contributed by atoms with E-state index >= 15 is 0 Å². The second kappa shape index (κ2) is 19.7. The lowest BCUT2D eigenvalue weighted by Crippen LogP contribution is -2.42. The summed E-state index contributed by atoms with van der Waals surface area (Å²) in [5, 5.41) is 14.1. The first-order valence-electron chi connectivity index (χ1n) is 15.3. The zero-order valence-electron chi connectivity index (χ0n) is 24.6. The number of ether oxygens (including phenoxy) is 3. The highest BCUT2D eigenvalue weighted by Gasteiger charge is 2.11. The maximum Gasteiger partial charge on any atom is 0.125 e. The van der Waals surface area contributed by atoms with E-state index in [1.165, 1.54) is 11.1 Å². The number of rotatable bonds is 0. The second-order valence-electron chi connectivity index (χ2n) is 10.6. The minimum Gasteiger partial charge on any atom is -0.379 e. The molecule has 1 fully saturated rings. The van der Waals surface area contributed by atoms with Gasteiger partial charge in [0.2, 0.25) is 0 Å². The fourth-order valence-electron chi connectivity index (χ4n) is 4.82. The molecule has 6 bridgehead atoms. The zero-order valence-corrected chi connectivity index (χ0v) is 24.6. The minimum atomic E-state index is 0.587. The summed E-state index contributed by atoms with van der Waals surface area (Å²) in [5.74, 6) is 1.82. The van der Waals surface area contributed by atoms with Gasteiger partial charge in [-0.2, -0.15) is 0 Å². The molecule has 2 aromatic rings. The third-order valence-electron chi connectivity index (χ3n) is 7.17. The van der Waals surface area contributed by atoms with E-state index in [2.05, 4.69) is 65.3 Å². The molecule has 5 aliphatic heterocycles. The maximum atomic E-state index is 5.68. The maximum absolute atomic E-state index is 5.68. The highest BCUT2D eigenvalue weighted by atomic mass is 16.5. The normalized spacial score (nSPS) is 24.0. The summed E-state index contributed by atoms with van der Waals surface area (Å²) in [6.45, 7) is 15.2. The van der Waals surface area contributed by atoms with E-state index in [1.54, 1.807) is 0 Å². The van der Waals surface area contributed by atoms with E-state index < -0.39 is 0 Å². The average Bonchev–Trinajstić information content (AvgIpc) is 2.98. The molecule has 0 atom stereocenters. The van der Waals surface area contributed by atoms with Crippen molar-refractivity contribution in [1.82, 2.24) is 30.4 Å². The number of hydrogen-bond donors (Lipinski definition) is 4. The van der Waals surface area contributed by atoms with Gasteiger partial charge in [0.25, 0.3) is 0 Å². The van der Waals surface area contributed by atoms with Crippen LogP contribution in [0.3, 0.4) is 0 Å². The van der Waals surface area contributed by atoms with Crippen LogP contribution in [0.4, 0.5) is 11.6 Å². The van der Waals surface area contributed by atoms with Crippen LogP contribution in [0.1, 0.15) is 24.0 Å². The summed E-state index contributed by atoms with van der Waals surface area (Å²) in [7, 11) is 0. The Labute approximate surface area is 245 Å². The number of nitrogens with zero attached hydrogens (tertiary/aromatic N) is 4. The number of anilines is 2. The van der Waals surface area contributed by atoms with Crippen molar-refractivity contribution in [3.8, 4) is 0 Å². The molecule has 41 heavy (non-hydrogen) atoms. The lowest BCUT2D eigenvalue weighted by molar-refractivity contribution is 0.0145. The van der Waals surface area contributed by atoms with Crippen molar-refractivity contribution in [1.29, 1.82) is 0 Å². The summed E-state index contributed by atoms with van der Waals surface area (Å²) >= 11 is 0. The highest BCUT2D eigenvalue weighted by molar-refractivity contribution is 5.36. The Hall–Kier alpha value is -2.38. The summed E-state index contributed by atoms with van der Waals surface area (Å²) in [6.07, 6.45) is 5.83. The third-order valence-corrected chi connectivity index (χ3v) is 7.17. The SMILES string of the molecule is c1cc2ncc1CN1CCNCCN(CCNCC1)Cc1ccc(nc1)NCCCOCCOCCOCCCN2. The molecule has 0 saturated carbocycles. The van der Waals surface area contributed by atoms with Crippen molar-refractivity contribution in [3.63, 3.8) is 0 Å². The molecule has 11 heteroatoms. The lowest BCUT2D eigenvalue weighted by atomic mass is 10.2. The first-order valence-corrected chi connectivity index (χ1v) is 15.3. The molecule has 2 aromatic heterocycles. The molecule has 1 saturated heterocycles. The first-order chi connectivity index (χ1) is 20.3. The largest absolute Gasteiger partial charge is 0.379 e. The first kappa shape index (κ1) is 31.6. The Bertz CT molecular complexity index is 847. The molecule has 11 nitrogen and oxygen atoms in total. The number of nitrogens with one attached hydrogen (secondary N) is 4. The third kappa shape index (κ3) is 13.4. The molecule has 4 N–H and O–H groups in total.